The number of para-hydroxylation sites is 1. The molecule has 37 heavy (non-hydrogen) atoms. The Morgan fingerprint density at radius 2 is 1.41 bits per heavy atom. The molecule has 0 aliphatic carbocycles. The van der Waals surface area contributed by atoms with Crippen LogP contribution in [-0.4, -0.2) is 27.0 Å². The van der Waals surface area contributed by atoms with E-state index in [1.54, 1.807) is 0 Å². The van der Waals surface area contributed by atoms with E-state index in [0.29, 0.717) is 6.73 Å². The maximum absolute atomic E-state index is 6.06. The molecule has 0 spiro atoms. The van der Waals surface area contributed by atoms with Crippen molar-refractivity contribution in [3.8, 4) is 0 Å². The van der Waals surface area contributed by atoms with Gasteiger partial charge in [0, 0.05) is 31.0 Å². The lowest BCUT2D eigenvalue weighted by Gasteiger charge is -2.25. The van der Waals surface area contributed by atoms with Gasteiger partial charge in [-0.3, -0.25) is 0 Å². The van der Waals surface area contributed by atoms with Gasteiger partial charge in [-0.2, -0.15) is 0 Å². The quantitative estimate of drug-likeness (QED) is 0.120. The summed E-state index contributed by atoms with van der Waals surface area (Å²) in [6.45, 7) is 2.67. The predicted molar refractivity (Wildman–Crippen MR) is 153 cm³/mol. The molecule has 3 aromatic carbocycles. The Kier molecular flexibility index (Phi) is 8.67. The minimum Gasteiger partial charge on any atom is -0.361 e. The van der Waals surface area contributed by atoms with E-state index in [1.165, 1.54) is 11.1 Å². The molecule has 0 fully saturated rings. The molecule has 0 aliphatic heterocycles. The van der Waals surface area contributed by atoms with Gasteiger partial charge in [-0.15, -0.1) is 11.6 Å². The fraction of sp³-hybridized carbons (Fsp3) is 0.290. The number of benzene rings is 3. The summed E-state index contributed by atoms with van der Waals surface area (Å²) in [5.74, 6) is 1.62. The summed E-state index contributed by atoms with van der Waals surface area (Å²) in [6.07, 6.45) is 6.29. The van der Waals surface area contributed by atoms with Gasteiger partial charge in [0.2, 0.25) is 0 Å². The zero-order chi connectivity index (χ0) is 25.3. The average molecular weight is 513 g/mol. The Labute approximate surface area is 223 Å². The highest BCUT2D eigenvalue weighted by atomic mass is 35.5. The number of hydrogen-bond donors (Lipinski definition) is 0. The third kappa shape index (κ3) is 6.30. The van der Waals surface area contributed by atoms with Crippen LogP contribution in [0.5, 0.6) is 0 Å². The third-order valence-electron chi connectivity index (χ3n) is 6.57. The van der Waals surface area contributed by atoms with Gasteiger partial charge in [0.15, 0.2) is 5.82 Å². The lowest BCUT2D eigenvalue weighted by atomic mass is 10.1. The van der Waals surface area contributed by atoms with E-state index in [4.69, 9.17) is 26.3 Å². The maximum Gasteiger partial charge on any atom is 0.158 e. The van der Waals surface area contributed by atoms with Crippen molar-refractivity contribution in [2.45, 2.75) is 45.5 Å². The fourth-order valence-corrected chi connectivity index (χ4v) is 4.90. The minimum absolute atomic E-state index is 0.469. The highest BCUT2D eigenvalue weighted by Gasteiger charge is 2.19. The van der Waals surface area contributed by atoms with Crippen LogP contribution in [0.4, 0.5) is 5.82 Å². The van der Waals surface area contributed by atoms with Crippen molar-refractivity contribution in [1.29, 1.82) is 0 Å². The van der Waals surface area contributed by atoms with E-state index in [9.17, 15) is 0 Å². The van der Waals surface area contributed by atoms with E-state index >= 15 is 0 Å². The van der Waals surface area contributed by atoms with Crippen LogP contribution < -0.4 is 4.90 Å². The summed E-state index contributed by atoms with van der Waals surface area (Å²) in [5, 5.41) is 1.09. The fourth-order valence-electron chi connectivity index (χ4n) is 4.71. The van der Waals surface area contributed by atoms with E-state index in [1.807, 2.05) is 12.4 Å². The van der Waals surface area contributed by atoms with Crippen molar-refractivity contribution in [3.63, 3.8) is 0 Å². The molecule has 6 heteroatoms. The van der Waals surface area contributed by atoms with Gasteiger partial charge in [-0.1, -0.05) is 91.7 Å². The number of rotatable bonds is 13. The largest absolute Gasteiger partial charge is 0.361 e. The number of fused-ring (bicyclic) bond motifs is 3. The molecule has 190 valence electrons. The molecule has 0 radical (unpaired) electrons. The number of anilines is 1. The molecule has 0 saturated heterocycles. The van der Waals surface area contributed by atoms with Crippen LogP contribution >= 0.6 is 11.6 Å². The Morgan fingerprint density at radius 1 is 0.757 bits per heavy atom. The minimum atomic E-state index is 0.469. The van der Waals surface area contributed by atoms with E-state index < -0.39 is 0 Å². The molecule has 5 nitrogen and oxygen atoms in total. The Morgan fingerprint density at radius 3 is 2.11 bits per heavy atom. The van der Waals surface area contributed by atoms with E-state index in [2.05, 4.69) is 88.3 Å². The summed E-state index contributed by atoms with van der Waals surface area (Å²) in [4.78, 5) is 12.4. The van der Waals surface area contributed by atoms with Crippen LogP contribution in [0.15, 0.2) is 91.3 Å². The highest BCUT2D eigenvalue weighted by Crippen LogP contribution is 2.32. The smallest absolute Gasteiger partial charge is 0.158 e. The molecular formula is C31H33ClN4O. The number of unbranched alkanes of at least 4 members (excludes halogenated alkanes) is 3. The molecule has 0 unspecified atom stereocenters. The lowest BCUT2D eigenvalue weighted by Crippen LogP contribution is -2.23. The second-order valence-corrected chi connectivity index (χ2v) is 9.71. The molecule has 0 atom stereocenters. The first kappa shape index (κ1) is 25.2. The van der Waals surface area contributed by atoms with Gasteiger partial charge in [0.1, 0.15) is 12.2 Å². The Bertz CT molecular complexity index is 1360. The average Bonchev–Trinajstić information content (AvgIpc) is 3.37. The molecule has 0 N–H and O–H groups in total. The molecule has 0 aliphatic rings. The van der Waals surface area contributed by atoms with Crippen LogP contribution in [0.2, 0.25) is 0 Å². The summed E-state index contributed by atoms with van der Waals surface area (Å²) in [6, 6.07) is 29.4. The number of ether oxygens (including phenoxy) is 1. The molecule has 0 bridgehead atoms. The van der Waals surface area contributed by atoms with Crippen molar-refractivity contribution in [1.82, 2.24) is 14.5 Å². The van der Waals surface area contributed by atoms with Crippen molar-refractivity contribution in [2.24, 2.45) is 0 Å². The standard InChI is InChI=1S/C31H33ClN4O/c32-19-11-1-2-12-20-37-24-36-23-33-29-30(36)27-17-9-10-18-28(27)34-31(29)35(21-25-13-5-3-6-14-25)22-26-15-7-4-8-16-26/h3-10,13-18,23H,1-2,11-12,19-22,24H2. The van der Waals surface area contributed by atoms with Crippen LogP contribution in [-0.2, 0) is 24.6 Å². The van der Waals surface area contributed by atoms with Crippen molar-refractivity contribution in [2.75, 3.05) is 17.4 Å². The van der Waals surface area contributed by atoms with Crippen LogP contribution in [0.3, 0.4) is 0 Å². The summed E-state index contributed by atoms with van der Waals surface area (Å²) >= 11 is 5.79. The van der Waals surface area contributed by atoms with Gasteiger partial charge in [0.25, 0.3) is 0 Å². The second-order valence-electron chi connectivity index (χ2n) is 9.33. The monoisotopic (exact) mass is 512 g/mol. The Hall–Kier alpha value is -3.41. The number of hydrogen-bond acceptors (Lipinski definition) is 4. The summed E-state index contributed by atoms with van der Waals surface area (Å²) in [5.41, 5.74) is 5.39. The normalized spacial score (nSPS) is 11.4. The van der Waals surface area contributed by atoms with E-state index in [-0.39, 0.29) is 0 Å². The summed E-state index contributed by atoms with van der Waals surface area (Å²) < 4.78 is 8.18. The topological polar surface area (TPSA) is 43.2 Å². The number of nitrogens with zero attached hydrogens (tertiary/aromatic N) is 4. The zero-order valence-electron chi connectivity index (χ0n) is 21.1. The second kappa shape index (κ2) is 12.7. The van der Waals surface area contributed by atoms with Crippen molar-refractivity contribution in [3.05, 3.63) is 102 Å². The summed E-state index contributed by atoms with van der Waals surface area (Å²) in [7, 11) is 0. The molecule has 0 saturated carbocycles. The Balaban J connectivity index is 1.49. The highest BCUT2D eigenvalue weighted by molar-refractivity contribution is 6.17. The van der Waals surface area contributed by atoms with Gasteiger partial charge in [-0.25, -0.2) is 9.97 Å². The lowest BCUT2D eigenvalue weighted by molar-refractivity contribution is 0.0765. The number of imidazole rings is 1. The van der Waals surface area contributed by atoms with Crippen molar-refractivity contribution < 1.29 is 4.74 Å². The SMILES string of the molecule is ClCCCCCCOCn1cnc2c(N(Cc3ccccc3)Cc3ccccc3)nc3ccccc3c21. The van der Waals surface area contributed by atoms with Gasteiger partial charge in [0.05, 0.1) is 17.4 Å². The molecule has 5 rings (SSSR count). The van der Waals surface area contributed by atoms with Crippen LogP contribution in [0, 0.1) is 0 Å². The first-order valence-corrected chi connectivity index (χ1v) is 13.6. The molecule has 0 amide bonds. The maximum atomic E-state index is 6.06. The first-order chi connectivity index (χ1) is 18.3. The molecule has 5 aromatic rings. The predicted octanol–water partition coefficient (Wildman–Crippen LogP) is 7.56. The third-order valence-corrected chi connectivity index (χ3v) is 6.84. The van der Waals surface area contributed by atoms with Gasteiger partial charge in [-0.05, 0) is 30.0 Å². The van der Waals surface area contributed by atoms with E-state index in [0.717, 1.165) is 79.0 Å². The molecule has 2 heterocycles. The molecular weight excluding hydrogens is 480 g/mol. The van der Waals surface area contributed by atoms with Crippen molar-refractivity contribution >= 4 is 39.4 Å². The number of alkyl halides is 1. The van der Waals surface area contributed by atoms with Crippen LogP contribution in [0.1, 0.15) is 36.8 Å². The molecule has 2 aromatic heterocycles. The van der Waals surface area contributed by atoms with Crippen LogP contribution in [0.25, 0.3) is 21.9 Å². The number of halogens is 1. The van der Waals surface area contributed by atoms with Gasteiger partial charge < -0.3 is 14.2 Å². The van der Waals surface area contributed by atoms with Gasteiger partial charge >= 0.3 is 0 Å². The zero-order valence-corrected chi connectivity index (χ0v) is 21.9. The number of pyridine rings is 1. The first-order valence-electron chi connectivity index (χ1n) is 13.0. The number of aromatic nitrogens is 3.